The Morgan fingerprint density at radius 2 is 1.50 bits per heavy atom. The van der Waals surface area contributed by atoms with E-state index in [9.17, 15) is 9.59 Å². The molecule has 0 radical (unpaired) electrons. The summed E-state index contributed by atoms with van der Waals surface area (Å²) in [5.74, 6) is 0.417. The Morgan fingerprint density at radius 3 is 2.12 bits per heavy atom. The van der Waals surface area contributed by atoms with Crippen LogP contribution < -0.4 is 5.32 Å². The molecule has 2 N–H and O–H groups in total. The molecule has 5 heteroatoms. The van der Waals surface area contributed by atoms with Gasteiger partial charge in [-0.3, -0.25) is 14.5 Å². The molecule has 1 aliphatic rings. The molecule has 2 aromatic carbocycles. The maximum atomic E-state index is 12.5. The lowest BCUT2D eigenvalue weighted by Gasteiger charge is -2.17. The number of benzene rings is 2. The summed E-state index contributed by atoms with van der Waals surface area (Å²) in [6.45, 7) is 0.947. The number of fused-ring (bicyclic) bond motifs is 1. The zero-order chi connectivity index (χ0) is 17.9. The first-order chi connectivity index (χ1) is 12.8. The van der Waals surface area contributed by atoms with Crippen molar-refractivity contribution >= 4 is 11.8 Å². The summed E-state index contributed by atoms with van der Waals surface area (Å²) in [5, 5.41) is 2.09. The predicted molar refractivity (Wildman–Crippen MR) is 95.6 cm³/mol. The fraction of sp³-hybridized carbons (Fsp3) is 0.143. The molecule has 1 atom stereocenters. The Labute approximate surface area is 151 Å². The average Bonchev–Trinajstić information content (AvgIpc) is 3.29. The van der Waals surface area contributed by atoms with Crippen LogP contribution in [-0.4, -0.2) is 29.8 Å². The molecule has 2 amide bonds. The van der Waals surface area contributed by atoms with Crippen LogP contribution in [0.4, 0.5) is 0 Å². The Balaban J connectivity index is 1.46. The Bertz CT molecular complexity index is 884. The second kappa shape index (κ2) is 6.98. The van der Waals surface area contributed by atoms with Gasteiger partial charge < -0.3 is 9.73 Å². The molecule has 0 aliphatic carbocycles. The minimum Gasteiger partial charge on any atom is -0.463 e. The van der Waals surface area contributed by atoms with Crippen molar-refractivity contribution in [3.63, 3.8) is 0 Å². The molecule has 1 aromatic heterocycles. The van der Waals surface area contributed by atoms with E-state index in [4.69, 9.17) is 4.42 Å². The highest BCUT2D eigenvalue weighted by Gasteiger charge is 2.35. The van der Waals surface area contributed by atoms with Crippen molar-refractivity contribution in [1.29, 1.82) is 0 Å². The molecular weight excluding hydrogens is 328 g/mol. The zero-order valence-corrected chi connectivity index (χ0v) is 14.2. The zero-order valence-electron chi connectivity index (χ0n) is 14.2. The minimum atomic E-state index is -0.215. The van der Waals surface area contributed by atoms with E-state index >= 15 is 0 Å². The number of furan rings is 1. The summed E-state index contributed by atoms with van der Waals surface area (Å²) in [5.41, 5.74) is 2.09. The summed E-state index contributed by atoms with van der Waals surface area (Å²) in [7, 11) is 0. The standard InChI is InChI=1S/C21H18N2O3/c24-20-16-9-4-5-10-17(16)21(25)23(20)13-12-22-19(18-11-6-14-26-18)15-7-2-1-3-8-15/h1-11,14,19,22H,12-13H2/p+1/t19-/m0/s1. The van der Waals surface area contributed by atoms with Gasteiger partial charge in [-0.15, -0.1) is 0 Å². The average molecular weight is 347 g/mol. The quantitative estimate of drug-likeness (QED) is 0.696. The van der Waals surface area contributed by atoms with Gasteiger partial charge in [0.15, 0.2) is 11.8 Å². The molecule has 0 spiro atoms. The van der Waals surface area contributed by atoms with Crippen LogP contribution >= 0.6 is 0 Å². The van der Waals surface area contributed by atoms with E-state index in [2.05, 4.69) is 5.32 Å². The van der Waals surface area contributed by atoms with Crippen LogP contribution in [0.5, 0.6) is 0 Å². The van der Waals surface area contributed by atoms with Gasteiger partial charge in [0.25, 0.3) is 11.8 Å². The van der Waals surface area contributed by atoms with Crippen LogP contribution in [0.25, 0.3) is 0 Å². The number of hydrogen-bond acceptors (Lipinski definition) is 3. The predicted octanol–water partition coefficient (Wildman–Crippen LogP) is 2.23. The minimum absolute atomic E-state index is 0.0126. The van der Waals surface area contributed by atoms with Crippen LogP contribution in [0.3, 0.4) is 0 Å². The van der Waals surface area contributed by atoms with Crippen molar-refractivity contribution < 1.29 is 19.3 Å². The molecule has 26 heavy (non-hydrogen) atoms. The molecule has 1 aliphatic heterocycles. The van der Waals surface area contributed by atoms with Gasteiger partial charge in [-0.05, 0) is 24.3 Å². The van der Waals surface area contributed by atoms with E-state index in [1.807, 2.05) is 42.5 Å². The van der Waals surface area contributed by atoms with Crippen molar-refractivity contribution in [2.75, 3.05) is 13.1 Å². The summed E-state index contributed by atoms with van der Waals surface area (Å²) in [6, 6.07) is 20.8. The molecule has 5 nitrogen and oxygen atoms in total. The lowest BCUT2D eigenvalue weighted by molar-refractivity contribution is -0.688. The number of carbonyl (C=O) groups is 2. The van der Waals surface area contributed by atoms with Crippen molar-refractivity contribution in [2.45, 2.75) is 6.04 Å². The lowest BCUT2D eigenvalue weighted by atomic mass is 10.0. The van der Waals surface area contributed by atoms with Crippen LogP contribution in [0.15, 0.2) is 77.4 Å². The topological polar surface area (TPSA) is 67.1 Å². The van der Waals surface area contributed by atoms with Gasteiger partial charge in [0.2, 0.25) is 0 Å². The second-order valence-electron chi connectivity index (χ2n) is 6.24. The van der Waals surface area contributed by atoms with Crippen molar-refractivity contribution in [1.82, 2.24) is 4.90 Å². The SMILES string of the molecule is O=C1c2ccccc2C(=O)N1CC[NH2+][C@@H](c1ccccc1)c1ccco1. The summed E-state index contributed by atoms with van der Waals surface area (Å²) in [6.07, 6.45) is 1.66. The smallest absolute Gasteiger partial charge is 0.261 e. The highest BCUT2D eigenvalue weighted by molar-refractivity contribution is 6.21. The number of imide groups is 1. The highest BCUT2D eigenvalue weighted by atomic mass is 16.3. The van der Waals surface area contributed by atoms with Gasteiger partial charge in [-0.2, -0.15) is 0 Å². The van der Waals surface area contributed by atoms with E-state index in [1.54, 1.807) is 30.5 Å². The van der Waals surface area contributed by atoms with Gasteiger partial charge in [0.05, 0.1) is 30.5 Å². The molecule has 2 heterocycles. The molecule has 0 bridgehead atoms. The van der Waals surface area contributed by atoms with Crippen LogP contribution in [0, 0.1) is 0 Å². The van der Waals surface area contributed by atoms with E-state index in [-0.39, 0.29) is 17.9 Å². The molecule has 3 aromatic rings. The number of amides is 2. The molecule has 0 fully saturated rings. The van der Waals surface area contributed by atoms with Gasteiger partial charge in [-0.1, -0.05) is 42.5 Å². The number of hydrogen-bond donors (Lipinski definition) is 1. The molecule has 4 rings (SSSR count). The van der Waals surface area contributed by atoms with Gasteiger partial charge in [0, 0.05) is 5.56 Å². The first kappa shape index (κ1) is 16.3. The van der Waals surface area contributed by atoms with E-state index in [0.717, 1.165) is 11.3 Å². The van der Waals surface area contributed by atoms with Crippen molar-refractivity contribution in [3.05, 3.63) is 95.4 Å². The number of nitrogens with two attached hydrogens (primary N) is 1. The van der Waals surface area contributed by atoms with E-state index in [1.165, 1.54) is 4.90 Å². The van der Waals surface area contributed by atoms with E-state index < -0.39 is 0 Å². The van der Waals surface area contributed by atoms with E-state index in [0.29, 0.717) is 24.2 Å². The van der Waals surface area contributed by atoms with Gasteiger partial charge in [-0.25, -0.2) is 0 Å². The Kier molecular flexibility index (Phi) is 4.37. The van der Waals surface area contributed by atoms with Crippen LogP contribution in [0.1, 0.15) is 38.1 Å². The molecular formula is C21H19N2O3+. The monoisotopic (exact) mass is 347 g/mol. The number of carbonyl (C=O) groups excluding carboxylic acids is 2. The normalized spacial score (nSPS) is 14.5. The fourth-order valence-corrected chi connectivity index (χ4v) is 3.36. The van der Waals surface area contributed by atoms with Crippen molar-refractivity contribution in [3.8, 4) is 0 Å². The van der Waals surface area contributed by atoms with Gasteiger partial charge in [0.1, 0.15) is 0 Å². The van der Waals surface area contributed by atoms with Crippen LogP contribution in [-0.2, 0) is 0 Å². The molecule has 0 saturated heterocycles. The largest absolute Gasteiger partial charge is 0.463 e. The Hall–Kier alpha value is -3.18. The fourth-order valence-electron chi connectivity index (χ4n) is 3.36. The maximum Gasteiger partial charge on any atom is 0.261 e. The lowest BCUT2D eigenvalue weighted by Crippen LogP contribution is -2.87. The molecule has 130 valence electrons. The van der Waals surface area contributed by atoms with Crippen molar-refractivity contribution in [2.24, 2.45) is 0 Å². The third-order valence-corrected chi connectivity index (χ3v) is 4.64. The summed E-state index contributed by atoms with van der Waals surface area (Å²) < 4.78 is 5.59. The second-order valence-corrected chi connectivity index (χ2v) is 6.24. The first-order valence-electron chi connectivity index (χ1n) is 8.62. The maximum absolute atomic E-state index is 12.5. The highest BCUT2D eigenvalue weighted by Crippen LogP contribution is 2.22. The summed E-state index contributed by atoms with van der Waals surface area (Å²) >= 11 is 0. The Morgan fingerprint density at radius 1 is 0.846 bits per heavy atom. The summed E-state index contributed by atoms with van der Waals surface area (Å²) in [4.78, 5) is 26.2. The first-order valence-corrected chi connectivity index (χ1v) is 8.62. The number of quaternary nitrogens is 1. The number of rotatable bonds is 6. The molecule has 0 saturated carbocycles. The van der Waals surface area contributed by atoms with Gasteiger partial charge >= 0.3 is 0 Å². The van der Waals surface area contributed by atoms with Crippen LogP contribution in [0.2, 0.25) is 0 Å². The third-order valence-electron chi connectivity index (χ3n) is 4.64. The number of nitrogens with zero attached hydrogens (tertiary/aromatic N) is 1. The third kappa shape index (κ3) is 2.93. The molecule has 0 unspecified atom stereocenters.